The molecule has 3 aliphatic rings. The summed E-state index contributed by atoms with van der Waals surface area (Å²) in [5.41, 5.74) is 0.539. The van der Waals surface area contributed by atoms with Crippen molar-refractivity contribution in [3.63, 3.8) is 0 Å². The first-order valence-electron chi connectivity index (χ1n) is 9.25. The van der Waals surface area contributed by atoms with E-state index in [-0.39, 0.29) is 23.3 Å². The third kappa shape index (κ3) is 3.40. The van der Waals surface area contributed by atoms with E-state index >= 15 is 0 Å². The highest BCUT2D eigenvalue weighted by atomic mass is 16.5. The number of likely N-dealkylation sites (tertiary alicyclic amines) is 2. The van der Waals surface area contributed by atoms with Gasteiger partial charge < -0.3 is 14.5 Å². The fourth-order valence-corrected chi connectivity index (χ4v) is 4.35. The summed E-state index contributed by atoms with van der Waals surface area (Å²) in [5.74, 6) is 0.246. The van der Waals surface area contributed by atoms with Gasteiger partial charge in [-0.25, -0.2) is 0 Å². The molecule has 1 aromatic heterocycles. The fraction of sp³-hybridized carbons (Fsp3) is 0.632. The summed E-state index contributed by atoms with van der Waals surface area (Å²) in [4.78, 5) is 33.0. The van der Waals surface area contributed by atoms with E-state index in [0.717, 1.165) is 45.4 Å². The largest absolute Gasteiger partial charge is 0.376 e. The van der Waals surface area contributed by atoms with E-state index in [1.165, 1.54) is 0 Å². The summed E-state index contributed by atoms with van der Waals surface area (Å²) < 4.78 is 5.68. The highest BCUT2D eigenvalue weighted by Crippen LogP contribution is 2.41. The SMILES string of the molecule is O=C1CC2(CCN(C(=O)c3ccccn3)CC2)CN1C[C@@H]1CCCO1. The zero-order valence-electron chi connectivity index (χ0n) is 14.5. The van der Waals surface area contributed by atoms with E-state index in [0.29, 0.717) is 25.2 Å². The summed E-state index contributed by atoms with van der Waals surface area (Å²) >= 11 is 0. The van der Waals surface area contributed by atoms with E-state index in [4.69, 9.17) is 4.74 Å². The van der Waals surface area contributed by atoms with Crippen molar-refractivity contribution in [3.05, 3.63) is 30.1 Å². The molecule has 1 atom stereocenters. The monoisotopic (exact) mass is 343 g/mol. The minimum Gasteiger partial charge on any atom is -0.376 e. The maximum absolute atomic E-state index is 12.5. The lowest BCUT2D eigenvalue weighted by atomic mass is 9.77. The molecule has 3 aliphatic heterocycles. The second-order valence-electron chi connectivity index (χ2n) is 7.59. The maximum atomic E-state index is 12.5. The van der Waals surface area contributed by atoms with E-state index < -0.39 is 0 Å². The first-order valence-corrected chi connectivity index (χ1v) is 9.25. The normalized spacial score (nSPS) is 25.8. The van der Waals surface area contributed by atoms with Crippen molar-refractivity contribution in [1.29, 1.82) is 0 Å². The van der Waals surface area contributed by atoms with E-state index in [1.807, 2.05) is 21.9 Å². The van der Waals surface area contributed by atoms with Crippen molar-refractivity contribution in [2.45, 2.75) is 38.2 Å². The Labute approximate surface area is 148 Å². The topological polar surface area (TPSA) is 62.7 Å². The summed E-state index contributed by atoms with van der Waals surface area (Å²) in [5, 5.41) is 0. The van der Waals surface area contributed by atoms with Gasteiger partial charge in [-0.3, -0.25) is 14.6 Å². The Morgan fingerprint density at radius 1 is 1.32 bits per heavy atom. The van der Waals surface area contributed by atoms with Gasteiger partial charge in [0, 0.05) is 50.8 Å². The van der Waals surface area contributed by atoms with Crippen LogP contribution in [-0.4, -0.2) is 65.5 Å². The van der Waals surface area contributed by atoms with Gasteiger partial charge in [-0.05, 0) is 37.8 Å². The Bertz CT molecular complexity index is 635. The zero-order valence-corrected chi connectivity index (χ0v) is 14.5. The van der Waals surface area contributed by atoms with E-state index in [1.54, 1.807) is 12.3 Å². The van der Waals surface area contributed by atoms with E-state index in [2.05, 4.69) is 4.98 Å². The Morgan fingerprint density at radius 2 is 2.16 bits per heavy atom. The van der Waals surface area contributed by atoms with Crippen LogP contribution in [0, 0.1) is 5.41 Å². The molecule has 0 saturated carbocycles. The molecule has 134 valence electrons. The predicted octanol–water partition coefficient (Wildman–Crippen LogP) is 1.72. The quantitative estimate of drug-likeness (QED) is 0.838. The van der Waals surface area contributed by atoms with Crippen LogP contribution in [0.5, 0.6) is 0 Å². The van der Waals surface area contributed by atoms with Gasteiger partial charge in [0.25, 0.3) is 5.91 Å². The Kier molecular flexibility index (Phi) is 4.46. The van der Waals surface area contributed by atoms with Crippen molar-refractivity contribution < 1.29 is 14.3 Å². The van der Waals surface area contributed by atoms with Gasteiger partial charge in [-0.2, -0.15) is 0 Å². The molecule has 0 N–H and O–H groups in total. The van der Waals surface area contributed by atoms with Gasteiger partial charge in [-0.1, -0.05) is 6.07 Å². The van der Waals surface area contributed by atoms with Crippen LogP contribution in [-0.2, 0) is 9.53 Å². The Balaban J connectivity index is 1.35. The van der Waals surface area contributed by atoms with Crippen LogP contribution >= 0.6 is 0 Å². The third-order valence-electron chi connectivity index (χ3n) is 5.85. The van der Waals surface area contributed by atoms with Gasteiger partial charge in [0.2, 0.25) is 5.91 Å². The van der Waals surface area contributed by atoms with Crippen LogP contribution in [0.3, 0.4) is 0 Å². The van der Waals surface area contributed by atoms with Gasteiger partial charge in [0.05, 0.1) is 6.10 Å². The van der Waals surface area contributed by atoms with Gasteiger partial charge >= 0.3 is 0 Å². The number of hydrogen-bond donors (Lipinski definition) is 0. The molecule has 1 spiro atoms. The number of carbonyl (C=O) groups is 2. The average Bonchev–Trinajstić information content (AvgIpc) is 3.25. The van der Waals surface area contributed by atoms with Gasteiger partial charge in [0.15, 0.2) is 0 Å². The molecule has 4 rings (SSSR count). The number of nitrogens with zero attached hydrogens (tertiary/aromatic N) is 3. The first-order chi connectivity index (χ1) is 12.2. The molecule has 3 fully saturated rings. The molecular formula is C19H25N3O3. The molecule has 0 radical (unpaired) electrons. The number of carbonyl (C=O) groups excluding carboxylic acids is 2. The number of piperidine rings is 1. The summed E-state index contributed by atoms with van der Waals surface area (Å²) in [6.45, 7) is 3.78. The molecule has 0 bridgehead atoms. The number of hydrogen-bond acceptors (Lipinski definition) is 4. The Hall–Kier alpha value is -1.95. The molecule has 3 saturated heterocycles. The molecule has 1 aromatic rings. The second-order valence-corrected chi connectivity index (χ2v) is 7.59. The van der Waals surface area contributed by atoms with Crippen molar-refractivity contribution >= 4 is 11.8 Å². The van der Waals surface area contributed by atoms with Crippen LogP contribution in [0.4, 0.5) is 0 Å². The molecule has 0 aliphatic carbocycles. The summed E-state index contributed by atoms with van der Waals surface area (Å²) in [7, 11) is 0. The van der Waals surface area contributed by atoms with Crippen LogP contribution in [0.25, 0.3) is 0 Å². The third-order valence-corrected chi connectivity index (χ3v) is 5.85. The second kappa shape index (κ2) is 6.75. The number of pyridine rings is 1. The molecule has 25 heavy (non-hydrogen) atoms. The minimum atomic E-state index is -0.00372. The molecule has 2 amide bonds. The van der Waals surface area contributed by atoms with Crippen LogP contribution in [0.15, 0.2) is 24.4 Å². The first kappa shape index (κ1) is 16.5. The Morgan fingerprint density at radius 3 is 2.84 bits per heavy atom. The van der Waals surface area contributed by atoms with Crippen molar-refractivity contribution in [3.8, 4) is 0 Å². The van der Waals surface area contributed by atoms with Crippen molar-refractivity contribution in [2.24, 2.45) is 5.41 Å². The van der Waals surface area contributed by atoms with Gasteiger partial charge in [-0.15, -0.1) is 0 Å². The molecule has 4 heterocycles. The fourth-order valence-electron chi connectivity index (χ4n) is 4.35. The molecule has 0 aromatic carbocycles. The van der Waals surface area contributed by atoms with E-state index in [9.17, 15) is 9.59 Å². The maximum Gasteiger partial charge on any atom is 0.272 e. The standard InChI is InChI=1S/C19H25N3O3/c23-17-12-19(14-22(17)13-15-4-3-11-25-15)6-9-21(10-7-19)18(24)16-5-1-2-8-20-16/h1-2,5,8,15H,3-4,6-7,9-14H2/t15-/m0/s1. The van der Waals surface area contributed by atoms with Gasteiger partial charge in [0.1, 0.15) is 5.69 Å². The highest BCUT2D eigenvalue weighted by Gasteiger charge is 2.46. The van der Waals surface area contributed by atoms with Crippen molar-refractivity contribution in [2.75, 3.05) is 32.8 Å². The molecule has 6 nitrogen and oxygen atoms in total. The van der Waals surface area contributed by atoms with Crippen LogP contribution < -0.4 is 0 Å². The lowest BCUT2D eigenvalue weighted by Crippen LogP contribution is -2.44. The summed E-state index contributed by atoms with van der Waals surface area (Å²) in [6.07, 6.45) is 6.41. The minimum absolute atomic E-state index is 0.00372. The molecule has 6 heteroatoms. The van der Waals surface area contributed by atoms with Crippen molar-refractivity contribution in [1.82, 2.24) is 14.8 Å². The van der Waals surface area contributed by atoms with Crippen LogP contribution in [0.2, 0.25) is 0 Å². The zero-order chi connectivity index (χ0) is 17.3. The molecule has 0 unspecified atom stereocenters. The lowest BCUT2D eigenvalue weighted by molar-refractivity contribution is -0.129. The summed E-state index contributed by atoms with van der Waals surface area (Å²) in [6, 6.07) is 5.41. The smallest absolute Gasteiger partial charge is 0.272 e. The number of rotatable bonds is 3. The molecular weight excluding hydrogens is 318 g/mol. The highest BCUT2D eigenvalue weighted by molar-refractivity contribution is 5.92. The lowest BCUT2D eigenvalue weighted by Gasteiger charge is -2.38. The number of ether oxygens (including phenoxy) is 1. The predicted molar refractivity (Wildman–Crippen MR) is 92.0 cm³/mol. The van der Waals surface area contributed by atoms with Crippen LogP contribution in [0.1, 0.15) is 42.6 Å². The number of aromatic nitrogens is 1. The number of amides is 2. The average molecular weight is 343 g/mol.